The standard InChI is InChI=1S/C17H20N6O3/c1-10-4-6-11(7-5-10)13-19-20-16-22(8-9-26-3)12-14(24)18-17(25)21(2)15(12)23(13)16/h4-7,12,15H,8-9H2,1-3H3,(H,18,24,25). The van der Waals surface area contributed by atoms with Crippen molar-refractivity contribution in [3.63, 3.8) is 0 Å². The number of aromatic nitrogens is 3. The number of anilines is 1. The molecule has 9 heteroatoms. The molecule has 2 aliphatic rings. The molecule has 2 aromatic rings. The Bertz CT molecular complexity index is 862. The van der Waals surface area contributed by atoms with Gasteiger partial charge in [0.1, 0.15) is 6.17 Å². The van der Waals surface area contributed by atoms with Crippen LogP contribution in [0.2, 0.25) is 0 Å². The zero-order chi connectivity index (χ0) is 18.4. The molecule has 1 aromatic carbocycles. The van der Waals surface area contributed by atoms with Crippen molar-refractivity contribution in [1.82, 2.24) is 25.0 Å². The van der Waals surface area contributed by atoms with Crippen LogP contribution in [0.15, 0.2) is 24.3 Å². The second-order valence-corrected chi connectivity index (χ2v) is 6.51. The SMILES string of the molecule is COCCN1c2nnc(-c3ccc(C)cc3)n2C2C1C(=O)NC(=O)N2C. The molecule has 1 N–H and O–H groups in total. The number of urea groups is 1. The van der Waals surface area contributed by atoms with Crippen molar-refractivity contribution >= 4 is 17.9 Å². The minimum Gasteiger partial charge on any atom is -0.383 e. The van der Waals surface area contributed by atoms with Gasteiger partial charge in [-0.3, -0.25) is 14.7 Å². The van der Waals surface area contributed by atoms with Gasteiger partial charge in [-0.2, -0.15) is 0 Å². The van der Waals surface area contributed by atoms with Gasteiger partial charge in [-0.1, -0.05) is 29.8 Å². The second kappa shape index (κ2) is 6.10. The zero-order valence-corrected chi connectivity index (χ0v) is 14.8. The lowest BCUT2D eigenvalue weighted by molar-refractivity contribution is -0.124. The summed E-state index contributed by atoms with van der Waals surface area (Å²) in [6.45, 7) is 2.92. The number of carbonyl (C=O) groups is 2. The van der Waals surface area contributed by atoms with Crippen LogP contribution >= 0.6 is 0 Å². The van der Waals surface area contributed by atoms with E-state index in [2.05, 4.69) is 15.5 Å². The number of hydrogen-bond donors (Lipinski definition) is 1. The van der Waals surface area contributed by atoms with E-state index in [1.54, 1.807) is 14.2 Å². The molecule has 4 rings (SSSR count). The summed E-state index contributed by atoms with van der Waals surface area (Å²) in [5, 5.41) is 11.0. The minimum absolute atomic E-state index is 0.338. The van der Waals surface area contributed by atoms with Crippen molar-refractivity contribution in [3.05, 3.63) is 29.8 Å². The summed E-state index contributed by atoms with van der Waals surface area (Å²) in [5.74, 6) is 0.850. The van der Waals surface area contributed by atoms with Crippen LogP contribution in [0, 0.1) is 6.92 Å². The molecule has 3 heterocycles. The number of fused-ring (bicyclic) bond motifs is 3. The lowest BCUT2D eigenvalue weighted by atomic mass is 10.1. The van der Waals surface area contributed by atoms with E-state index in [-0.39, 0.29) is 5.91 Å². The molecule has 1 aromatic heterocycles. The summed E-state index contributed by atoms with van der Waals surface area (Å²) >= 11 is 0. The van der Waals surface area contributed by atoms with Gasteiger partial charge in [0.25, 0.3) is 5.91 Å². The van der Waals surface area contributed by atoms with E-state index in [0.717, 1.165) is 11.1 Å². The van der Waals surface area contributed by atoms with E-state index in [1.165, 1.54) is 4.90 Å². The van der Waals surface area contributed by atoms with Crippen molar-refractivity contribution in [3.8, 4) is 11.4 Å². The van der Waals surface area contributed by atoms with Crippen LogP contribution in [0.3, 0.4) is 0 Å². The Morgan fingerprint density at radius 3 is 2.62 bits per heavy atom. The summed E-state index contributed by atoms with van der Waals surface area (Å²) in [7, 11) is 3.27. The van der Waals surface area contributed by atoms with Crippen LogP contribution in [-0.2, 0) is 9.53 Å². The first-order valence-corrected chi connectivity index (χ1v) is 8.38. The summed E-state index contributed by atoms with van der Waals surface area (Å²) in [5.41, 5.74) is 2.02. The van der Waals surface area contributed by atoms with Crippen LogP contribution in [0.1, 0.15) is 11.7 Å². The highest BCUT2D eigenvalue weighted by molar-refractivity contribution is 6.02. The molecule has 0 saturated carbocycles. The largest absolute Gasteiger partial charge is 0.383 e. The predicted molar refractivity (Wildman–Crippen MR) is 93.5 cm³/mol. The van der Waals surface area contributed by atoms with Gasteiger partial charge in [-0.25, -0.2) is 4.79 Å². The molecular formula is C17H20N6O3. The number of rotatable bonds is 4. The maximum absolute atomic E-state index is 12.6. The van der Waals surface area contributed by atoms with Crippen molar-refractivity contribution in [2.75, 3.05) is 32.2 Å². The predicted octanol–water partition coefficient (Wildman–Crippen LogP) is 0.769. The smallest absolute Gasteiger partial charge is 0.325 e. The molecule has 0 aliphatic carbocycles. The zero-order valence-electron chi connectivity index (χ0n) is 14.8. The van der Waals surface area contributed by atoms with Crippen LogP contribution in [0.4, 0.5) is 10.7 Å². The highest BCUT2D eigenvalue weighted by Gasteiger charge is 2.52. The third-order valence-corrected chi connectivity index (χ3v) is 4.88. The molecule has 1 saturated heterocycles. The molecule has 0 radical (unpaired) electrons. The van der Waals surface area contributed by atoms with Gasteiger partial charge in [0.2, 0.25) is 5.95 Å². The van der Waals surface area contributed by atoms with Gasteiger partial charge in [0.15, 0.2) is 11.9 Å². The van der Waals surface area contributed by atoms with Gasteiger partial charge < -0.3 is 14.5 Å². The lowest BCUT2D eigenvalue weighted by Crippen LogP contribution is -2.61. The van der Waals surface area contributed by atoms with Crippen molar-refractivity contribution in [2.24, 2.45) is 0 Å². The lowest BCUT2D eigenvalue weighted by Gasteiger charge is -2.36. The Morgan fingerprint density at radius 2 is 1.92 bits per heavy atom. The maximum atomic E-state index is 12.6. The van der Waals surface area contributed by atoms with Crippen molar-refractivity contribution in [1.29, 1.82) is 0 Å². The van der Waals surface area contributed by atoms with Gasteiger partial charge in [0, 0.05) is 26.3 Å². The normalized spacial score (nSPS) is 21.7. The molecule has 1 fully saturated rings. The molecule has 0 spiro atoms. The van der Waals surface area contributed by atoms with E-state index in [0.29, 0.717) is 24.9 Å². The molecule has 3 amide bonds. The number of amides is 3. The van der Waals surface area contributed by atoms with Crippen LogP contribution in [0.25, 0.3) is 11.4 Å². The Hall–Kier alpha value is -2.94. The second-order valence-electron chi connectivity index (χ2n) is 6.51. The van der Waals surface area contributed by atoms with Gasteiger partial charge in [-0.05, 0) is 6.92 Å². The fourth-order valence-electron chi connectivity index (χ4n) is 3.53. The number of likely N-dealkylation sites (N-methyl/N-ethyl adjacent to an activating group) is 1. The Balaban J connectivity index is 1.84. The summed E-state index contributed by atoms with van der Waals surface area (Å²) in [4.78, 5) is 28.1. The highest BCUT2D eigenvalue weighted by Crippen LogP contribution is 2.40. The average molecular weight is 356 g/mol. The van der Waals surface area contributed by atoms with E-state index < -0.39 is 18.2 Å². The summed E-state index contributed by atoms with van der Waals surface area (Å²) in [6.07, 6.45) is -0.505. The number of nitrogens with zero attached hydrogens (tertiary/aromatic N) is 5. The van der Waals surface area contributed by atoms with E-state index in [1.807, 2.05) is 40.7 Å². The van der Waals surface area contributed by atoms with Gasteiger partial charge in [-0.15, -0.1) is 10.2 Å². The number of carbonyl (C=O) groups excluding carboxylic acids is 2. The quantitative estimate of drug-likeness (QED) is 0.870. The van der Waals surface area contributed by atoms with Crippen LogP contribution in [-0.4, -0.2) is 65.0 Å². The van der Waals surface area contributed by atoms with E-state index in [9.17, 15) is 9.59 Å². The number of methoxy groups -OCH3 is 1. The van der Waals surface area contributed by atoms with Crippen LogP contribution in [0.5, 0.6) is 0 Å². The minimum atomic E-state index is -0.567. The monoisotopic (exact) mass is 356 g/mol. The fraction of sp³-hybridized carbons (Fsp3) is 0.412. The number of hydrogen-bond acceptors (Lipinski definition) is 6. The third kappa shape index (κ3) is 2.35. The Kier molecular flexibility index (Phi) is 3.87. The fourth-order valence-corrected chi connectivity index (χ4v) is 3.53. The first-order valence-electron chi connectivity index (χ1n) is 8.38. The summed E-state index contributed by atoms with van der Waals surface area (Å²) < 4.78 is 7.04. The Morgan fingerprint density at radius 1 is 1.19 bits per heavy atom. The molecule has 9 nitrogen and oxygen atoms in total. The van der Waals surface area contributed by atoms with Crippen molar-refractivity contribution < 1.29 is 14.3 Å². The van der Waals surface area contributed by atoms with Gasteiger partial charge in [0.05, 0.1) is 6.61 Å². The molecule has 136 valence electrons. The summed E-state index contributed by atoms with van der Waals surface area (Å²) in [6, 6.07) is 6.92. The number of imide groups is 1. The molecule has 0 bridgehead atoms. The highest BCUT2D eigenvalue weighted by atomic mass is 16.5. The average Bonchev–Trinajstić information content (AvgIpc) is 3.17. The van der Waals surface area contributed by atoms with E-state index >= 15 is 0 Å². The number of ether oxygens (including phenoxy) is 1. The molecular weight excluding hydrogens is 336 g/mol. The Labute approximate surface area is 150 Å². The van der Waals surface area contributed by atoms with Gasteiger partial charge >= 0.3 is 6.03 Å². The number of aryl methyl sites for hydroxylation is 1. The van der Waals surface area contributed by atoms with E-state index in [4.69, 9.17) is 4.74 Å². The molecule has 2 unspecified atom stereocenters. The van der Waals surface area contributed by atoms with Crippen LogP contribution < -0.4 is 10.2 Å². The first-order chi connectivity index (χ1) is 12.5. The van der Waals surface area contributed by atoms with Crippen molar-refractivity contribution in [2.45, 2.75) is 19.1 Å². The number of nitrogens with one attached hydrogen (secondary N) is 1. The number of benzene rings is 1. The topological polar surface area (TPSA) is 92.6 Å². The first kappa shape index (κ1) is 16.5. The molecule has 2 atom stereocenters. The molecule has 2 aliphatic heterocycles. The third-order valence-electron chi connectivity index (χ3n) is 4.88. The maximum Gasteiger partial charge on any atom is 0.325 e. The molecule has 26 heavy (non-hydrogen) atoms.